The van der Waals surface area contributed by atoms with Gasteiger partial charge < -0.3 is 4.90 Å². The highest BCUT2D eigenvalue weighted by Crippen LogP contribution is 2.13. The van der Waals surface area contributed by atoms with Crippen molar-refractivity contribution in [1.82, 2.24) is 9.97 Å². The van der Waals surface area contributed by atoms with E-state index in [1.165, 1.54) is 11.3 Å². The Bertz CT molecular complexity index is 846. The molecule has 3 heteroatoms. The van der Waals surface area contributed by atoms with Crippen molar-refractivity contribution < 1.29 is 0 Å². The van der Waals surface area contributed by atoms with Crippen LogP contribution in [-0.2, 0) is 0 Å². The molecule has 0 atom stereocenters. The molecule has 3 nitrogen and oxygen atoms in total. The first-order valence-corrected chi connectivity index (χ1v) is 7.56. The van der Waals surface area contributed by atoms with Crippen molar-refractivity contribution in [2.24, 2.45) is 0 Å². The summed E-state index contributed by atoms with van der Waals surface area (Å²) >= 11 is 0. The second-order valence-corrected chi connectivity index (χ2v) is 5.49. The number of aromatic nitrogens is 2. The normalized spacial score (nSPS) is 11.6. The number of para-hydroxylation sites is 2. The van der Waals surface area contributed by atoms with Gasteiger partial charge in [0, 0.05) is 19.8 Å². The second kappa shape index (κ2) is 6.88. The average Bonchev–Trinajstić information content (AvgIpc) is 2.59. The number of allylic oxidation sites excluding steroid dienone is 2. The zero-order chi connectivity index (χ0) is 16.1. The first kappa shape index (κ1) is 15.0. The van der Waals surface area contributed by atoms with Gasteiger partial charge in [0.25, 0.3) is 0 Å². The lowest BCUT2D eigenvalue weighted by atomic mass is 10.2. The summed E-state index contributed by atoms with van der Waals surface area (Å²) in [6.07, 6.45) is 9.83. The largest absolute Gasteiger partial charge is 0.378 e. The summed E-state index contributed by atoms with van der Waals surface area (Å²) in [6.45, 7) is 0. The average molecular weight is 301 g/mol. The smallest absolute Gasteiger partial charge is 0.0894 e. The fourth-order valence-corrected chi connectivity index (χ4v) is 2.26. The quantitative estimate of drug-likeness (QED) is 0.668. The Morgan fingerprint density at radius 3 is 2.26 bits per heavy atom. The van der Waals surface area contributed by atoms with Gasteiger partial charge in [0.1, 0.15) is 0 Å². The number of hydrogen-bond donors (Lipinski definition) is 0. The fourth-order valence-electron chi connectivity index (χ4n) is 2.26. The molecule has 1 aromatic heterocycles. The molecule has 0 aliphatic heterocycles. The van der Waals surface area contributed by atoms with E-state index in [2.05, 4.69) is 45.2 Å². The number of hydrogen-bond acceptors (Lipinski definition) is 3. The molecule has 0 amide bonds. The minimum absolute atomic E-state index is 0.858. The molecule has 0 aliphatic carbocycles. The molecular weight excluding hydrogens is 282 g/mol. The zero-order valence-corrected chi connectivity index (χ0v) is 13.3. The molecule has 0 spiro atoms. The van der Waals surface area contributed by atoms with Gasteiger partial charge in [0.05, 0.1) is 22.9 Å². The molecule has 0 saturated carbocycles. The highest BCUT2D eigenvalue weighted by atomic mass is 15.1. The molecule has 1 heterocycles. The van der Waals surface area contributed by atoms with Crippen LogP contribution < -0.4 is 4.90 Å². The Hall–Kier alpha value is -2.94. The highest BCUT2D eigenvalue weighted by Gasteiger charge is 1.95. The van der Waals surface area contributed by atoms with Gasteiger partial charge in [-0.25, -0.2) is 4.98 Å². The van der Waals surface area contributed by atoms with Crippen molar-refractivity contribution in [3.8, 4) is 0 Å². The summed E-state index contributed by atoms with van der Waals surface area (Å²) < 4.78 is 0. The van der Waals surface area contributed by atoms with Crippen LogP contribution in [0.2, 0.25) is 0 Å². The lowest BCUT2D eigenvalue weighted by Gasteiger charge is -2.11. The molecule has 0 aliphatic rings. The van der Waals surface area contributed by atoms with Crippen LogP contribution >= 0.6 is 0 Å². The summed E-state index contributed by atoms with van der Waals surface area (Å²) in [4.78, 5) is 11.1. The third-order valence-corrected chi connectivity index (χ3v) is 3.54. The number of fused-ring (bicyclic) bond motifs is 1. The molecule has 23 heavy (non-hydrogen) atoms. The van der Waals surface area contributed by atoms with Gasteiger partial charge in [-0.1, -0.05) is 42.5 Å². The van der Waals surface area contributed by atoms with E-state index in [0.29, 0.717) is 0 Å². The standard InChI is InChI=1S/C20H19N3/c1-23(2)18-13-11-16(12-14-18)7-3-4-8-17-15-21-19-9-5-6-10-20(19)22-17/h3-15H,1-2H3/b7-3+,8-4+. The number of benzene rings is 2. The van der Waals surface area contributed by atoms with E-state index in [9.17, 15) is 0 Å². The topological polar surface area (TPSA) is 29.0 Å². The van der Waals surface area contributed by atoms with Crippen LogP contribution in [0, 0.1) is 0 Å². The van der Waals surface area contributed by atoms with E-state index < -0.39 is 0 Å². The number of anilines is 1. The minimum atomic E-state index is 0.858. The molecule has 0 N–H and O–H groups in total. The summed E-state index contributed by atoms with van der Waals surface area (Å²) in [5.74, 6) is 0. The van der Waals surface area contributed by atoms with Crippen molar-refractivity contribution in [2.45, 2.75) is 0 Å². The van der Waals surface area contributed by atoms with Crippen molar-refractivity contribution in [2.75, 3.05) is 19.0 Å². The van der Waals surface area contributed by atoms with E-state index in [1.807, 2.05) is 56.6 Å². The minimum Gasteiger partial charge on any atom is -0.378 e. The van der Waals surface area contributed by atoms with Crippen LogP contribution in [0.15, 0.2) is 66.9 Å². The van der Waals surface area contributed by atoms with Crippen LogP contribution in [0.25, 0.3) is 23.2 Å². The van der Waals surface area contributed by atoms with Gasteiger partial charge in [0.15, 0.2) is 0 Å². The predicted molar refractivity (Wildman–Crippen MR) is 98.4 cm³/mol. The maximum Gasteiger partial charge on any atom is 0.0894 e. The Labute approximate surface area is 136 Å². The molecule has 0 radical (unpaired) electrons. The maximum atomic E-state index is 4.56. The second-order valence-electron chi connectivity index (χ2n) is 5.49. The third-order valence-electron chi connectivity index (χ3n) is 3.54. The highest BCUT2D eigenvalue weighted by molar-refractivity contribution is 5.74. The van der Waals surface area contributed by atoms with Gasteiger partial charge in [-0.2, -0.15) is 0 Å². The van der Waals surface area contributed by atoms with E-state index in [1.54, 1.807) is 6.20 Å². The lowest BCUT2D eigenvalue weighted by molar-refractivity contribution is 1.13. The first-order chi connectivity index (χ1) is 11.2. The molecule has 2 aromatic carbocycles. The SMILES string of the molecule is CN(C)c1ccc(/C=C/C=C/c2cnc3ccccc3n2)cc1. The molecule has 0 bridgehead atoms. The van der Waals surface area contributed by atoms with Crippen molar-refractivity contribution in [1.29, 1.82) is 0 Å². The first-order valence-electron chi connectivity index (χ1n) is 7.56. The van der Waals surface area contributed by atoms with Crippen molar-refractivity contribution in [3.63, 3.8) is 0 Å². The third kappa shape index (κ3) is 3.83. The van der Waals surface area contributed by atoms with Gasteiger partial charge in [0.2, 0.25) is 0 Å². The Kier molecular flexibility index (Phi) is 4.48. The van der Waals surface area contributed by atoms with E-state index in [0.717, 1.165) is 16.7 Å². The van der Waals surface area contributed by atoms with Crippen LogP contribution in [-0.4, -0.2) is 24.1 Å². The van der Waals surface area contributed by atoms with Crippen LogP contribution in [0.1, 0.15) is 11.3 Å². The van der Waals surface area contributed by atoms with Gasteiger partial charge in [-0.15, -0.1) is 0 Å². The molecule has 0 unspecified atom stereocenters. The van der Waals surface area contributed by atoms with E-state index in [4.69, 9.17) is 0 Å². The Balaban J connectivity index is 1.69. The zero-order valence-electron chi connectivity index (χ0n) is 13.3. The van der Waals surface area contributed by atoms with Crippen molar-refractivity contribution in [3.05, 3.63) is 78.1 Å². The Morgan fingerprint density at radius 2 is 1.52 bits per heavy atom. The molecule has 114 valence electrons. The van der Waals surface area contributed by atoms with E-state index in [-0.39, 0.29) is 0 Å². The van der Waals surface area contributed by atoms with Crippen LogP contribution in [0.5, 0.6) is 0 Å². The molecular formula is C20H19N3. The Morgan fingerprint density at radius 1 is 0.826 bits per heavy atom. The summed E-state index contributed by atoms with van der Waals surface area (Å²) in [7, 11) is 4.08. The van der Waals surface area contributed by atoms with Gasteiger partial charge in [-0.05, 0) is 35.9 Å². The van der Waals surface area contributed by atoms with Gasteiger partial charge >= 0.3 is 0 Å². The number of rotatable bonds is 4. The molecule has 3 aromatic rings. The molecule has 0 saturated heterocycles. The summed E-state index contributed by atoms with van der Waals surface area (Å²) in [5, 5.41) is 0. The maximum absolute atomic E-state index is 4.56. The van der Waals surface area contributed by atoms with Gasteiger partial charge in [-0.3, -0.25) is 4.98 Å². The summed E-state index contributed by atoms with van der Waals surface area (Å²) in [5.41, 5.74) is 5.06. The van der Waals surface area contributed by atoms with Crippen LogP contribution in [0.3, 0.4) is 0 Å². The lowest BCUT2D eigenvalue weighted by Crippen LogP contribution is -2.07. The summed E-state index contributed by atoms with van der Waals surface area (Å²) in [6, 6.07) is 16.3. The molecule has 3 rings (SSSR count). The molecule has 0 fully saturated rings. The fraction of sp³-hybridized carbons (Fsp3) is 0.100. The van der Waals surface area contributed by atoms with E-state index >= 15 is 0 Å². The van der Waals surface area contributed by atoms with Crippen molar-refractivity contribution >= 4 is 28.9 Å². The van der Waals surface area contributed by atoms with Crippen LogP contribution in [0.4, 0.5) is 5.69 Å². The predicted octanol–water partition coefficient (Wildman–Crippen LogP) is 4.42. The monoisotopic (exact) mass is 301 g/mol. The number of nitrogens with zero attached hydrogens (tertiary/aromatic N) is 3.